The molecule has 0 aromatic heterocycles. The van der Waals surface area contributed by atoms with Gasteiger partial charge in [-0.25, -0.2) is 0 Å². The highest BCUT2D eigenvalue weighted by Gasteiger charge is 2.06. The van der Waals surface area contributed by atoms with Gasteiger partial charge >= 0.3 is 0 Å². The molecule has 102 valence electrons. The van der Waals surface area contributed by atoms with E-state index >= 15 is 0 Å². The maximum atomic E-state index is 9.11. The second kappa shape index (κ2) is 8.11. The van der Waals surface area contributed by atoms with Crippen molar-refractivity contribution in [3.8, 4) is 0 Å². The molecular formula is C15H26N2O. The van der Waals surface area contributed by atoms with E-state index in [1.165, 1.54) is 16.8 Å². The predicted octanol–water partition coefficient (Wildman–Crippen LogP) is 2.31. The highest BCUT2D eigenvalue weighted by Crippen LogP contribution is 2.19. The number of aliphatic hydroxyl groups excluding tert-OH is 1. The van der Waals surface area contributed by atoms with Crippen LogP contribution in [0.3, 0.4) is 0 Å². The van der Waals surface area contributed by atoms with Crippen molar-refractivity contribution in [2.24, 2.45) is 0 Å². The third-order valence-electron chi connectivity index (χ3n) is 3.12. The van der Waals surface area contributed by atoms with Gasteiger partial charge in [-0.3, -0.25) is 0 Å². The average Bonchev–Trinajstić information content (AvgIpc) is 2.37. The molecule has 1 aromatic carbocycles. The van der Waals surface area contributed by atoms with Crippen LogP contribution in [-0.2, 0) is 6.54 Å². The van der Waals surface area contributed by atoms with E-state index in [0.717, 1.165) is 26.1 Å². The van der Waals surface area contributed by atoms with Crippen molar-refractivity contribution in [2.45, 2.75) is 33.7 Å². The molecule has 0 spiro atoms. The molecule has 0 aliphatic rings. The summed E-state index contributed by atoms with van der Waals surface area (Å²) < 4.78 is 0. The number of nitrogens with one attached hydrogen (secondary N) is 1. The van der Waals surface area contributed by atoms with Crippen LogP contribution in [0, 0.1) is 6.92 Å². The summed E-state index contributed by atoms with van der Waals surface area (Å²) in [6, 6.07) is 6.57. The van der Waals surface area contributed by atoms with Gasteiger partial charge in [0.15, 0.2) is 0 Å². The van der Waals surface area contributed by atoms with Gasteiger partial charge in [0.2, 0.25) is 0 Å². The summed E-state index contributed by atoms with van der Waals surface area (Å²) in [5, 5.41) is 12.5. The fourth-order valence-corrected chi connectivity index (χ4v) is 2.10. The molecule has 0 aliphatic heterocycles. The Morgan fingerprint density at radius 3 is 2.56 bits per heavy atom. The molecule has 0 fully saturated rings. The van der Waals surface area contributed by atoms with Gasteiger partial charge in [-0.1, -0.05) is 19.9 Å². The third-order valence-corrected chi connectivity index (χ3v) is 3.12. The molecule has 0 unspecified atom stereocenters. The molecule has 0 atom stereocenters. The number of rotatable bonds is 8. The van der Waals surface area contributed by atoms with Crippen LogP contribution in [0.1, 0.15) is 31.4 Å². The predicted molar refractivity (Wildman–Crippen MR) is 78.1 cm³/mol. The minimum Gasteiger partial charge on any atom is -0.395 e. The molecule has 2 N–H and O–H groups in total. The molecule has 0 aliphatic carbocycles. The molecule has 18 heavy (non-hydrogen) atoms. The summed E-state index contributed by atoms with van der Waals surface area (Å²) in [7, 11) is 0. The summed E-state index contributed by atoms with van der Waals surface area (Å²) in [4.78, 5) is 2.24. The number of anilines is 1. The topological polar surface area (TPSA) is 35.5 Å². The first-order chi connectivity index (χ1) is 8.72. The van der Waals surface area contributed by atoms with E-state index in [1.807, 2.05) is 0 Å². The number of aryl methyl sites for hydroxylation is 1. The zero-order chi connectivity index (χ0) is 13.4. The smallest absolute Gasteiger partial charge is 0.0606 e. The number of nitrogens with zero attached hydrogens (tertiary/aromatic N) is 1. The second-order valence-electron chi connectivity index (χ2n) is 4.60. The molecule has 0 amide bonds. The molecular weight excluding hydrogens is 224 g/mol. The van der Waals surface area contributed by atoms with E-state index in [4.69, 9.17) is 5.11 Å². The highest BCUT2D eigenvalue weighted by molar-refractivity contribution is 5.50. The second-order valence-corrected chi connectivity index (χ2v) is 4.60. The van der Waals surface area contributed by atoms with Gasteiger partial charge in [0.25, 0.3) is 0 Å². The first kappa shape index (κ1) is 15.0. The van der Waals surface area contributed by atoms with Crippen molar-refractivity contribution in [3.05, 3.63) is 29.3 Å². The van der Waals surface area contributed by atoms with Crippen LogP contribution in [0.15, 0.2) is 18.2 Å². The number of hydrogen-bond acceptors (Lipinski definition) is 3. The Bertz CT molecular complexity index is 346. The lowest BCUT2D eigenvalue weighted by Crippen LogP contribution is -2.27. The van der Waals surface area contributed by atoms with Crippen molar-refractivity contribution >= 4 is 5.69 Å². The molecule has 1 rings (SSSR count). The maximum absolute atomic E-state index is 9.11. The van der Waals surface area contributed by atoms with E-state index in [2.05, 4.69) is 49.2 Å². The quantitative estimate of drug-likeness (QED) is 0.743. The zero-order valence-electron chi connectivity index (χ0n) is 11.9. The number of benzene rings is 1. The van der Waals surface area contributed by atoms with Crippen LogP contribution in [0.5, 0.6) is 0 Å². The van der Waals surface area contributed by atoms with Gasteiger partial charge in [0.1, 0.15) is 0 Å². The SMILES string of the molecule is CCCN(CCO)c1ccc(CNCC)c(C)c1. The van der Waals surface area contributed by atoms with Crippen molar-refractivity contribution in [1.29, 1.82) is 0 Å². The van der Waals surface area contributed by atoms with Crippen molar-refractivity contribution in [1.82, 2.24) is 5.32 Å². The van der Waals surface area contributed by atoms with Crippen LogP contribution in [0.25, 0.3) is 0 Å². The van der Waals surface area contributed by atoms with E-state index in [-0.39, 0.29) is 6.61 Å². The Morgan fingerprint density at radius 1 is 1.22 bits per heavy atom. The minimum absolute atomic E-state index is 0.207. The highest BCUT2D eigenvalue weighted by atomic mass is 16.3. The molecule has 0 bridgehead atoms. The van der Waals surface area contributed by atoms with Crippen LogP contribution in [-0.4, -0.2) is 31.3 Å². The average molecular weight is 250 g/mol. The van der Waals surface area contributed by atoms with Crippen molar-refractivity contribution in [2.75, 3.05) is 31.1 Å². The van der Waals surface area contributed by atoms with Crippen molar-refractivity contribution in [3.63, 3.8) is 0 Å². The Labute approximate surface area is 111 Å². The first-order valence-corrected chi connectivity index (χ1v) is 6.89. The van der Waals surface area contributed by atoms with Crippen LogP contribution in [0.4, 0.5) is 5.69 Å². The summed E-state index contributed by atoms with van der Waals surface area (Å²) in [5.74, 6) is 0. The largest absolute Gasteiger partial charge is 0.395 e. The Hall–Kier alpha value is -1.06. The fraction of sp³-hybridized carbons (Fsp3) is 0.600. The summed E-state index contributed by atoms with van der Waals surface area (Å²) >= 11 is 0. The van der Waals surface area contributed by atoms with Crippen molar-refractivity contribution < 1.29 is 5.11 Å². The van der Waals surface area contributed by atoms with Crippen LogP contribution >= 0.6 is 0 Å². The molecule has 0 saturated heterocycles. The van der Waals surface area contributed by atoms with E-state index in [0.29, 0.717) is 6.54 Å². The van der Waals surface area contributed by atoms with E-state index < -0.39 is 0 Å². The maximum Gasteiger partial charge on any atom is 0.0606 e. The van der Waals surface area contributed by atoms with Crippen LogP contribution < -0.4 is 10.2 Å². The normalized spacial score (nSPS) is 10.7. The Balaban J connectivity index is 2.79. The van der Waals surface area contributed by atoms with Gasteiger partial charge in [-0.2, -0.15) is 0 Å². The fourth-order valence-electron chi connectivity index (χ4n) is 2.10. The summed E-state index contributed by atoms with van der Waals surface area (Å²) in [6.45, 7) is 10.3. The minimum atomic E-state index is 0.207. The first-order valence-electron chi connectivity index (χ1n) is 6.89. The van der Waals surface area contributed by atoms with E-state index in [9.17, 15) is 0 Å². The lowest BCUT2D eigenvalue weighted by atomic mass is 10.1. The number of hydrogen-bond donors (Lipinski definition) is 2. The summed E-state index contributed by atoms with van der Waals surface area (Å²) in [5.41, 5.74) is 3.87. The molecule has 1 aromatic rings. The molecule has 0 radical (unpaired) electrons. The monoisotopic (exact) mass is 250 g/mol. The lowest BCUT2D eigenvalue weighted by molar-refractivity contribution is 0.302. The molecule has 3 heteroatoms. The van der Waals surface area contributed by atoms with Gasteiger partial charge in [-0.05, 0) is 43.1 Å². The van der Waals surface area contributed by atoms with Gasteiger partial charge < -0.3 is 15.3 Å². The summed E-state index contributed by atoms with van der Waals surface area (Å²) in [6.07, 6.45) is 1.10. The third kappa shape index (κ3) is 4.31. The van der Waals surface area contributed by atoms with Gasteiger partial charge in [0.05, 0.1) is 6.61 Å². The standard InChI is InChI=1S/C15H26N2O/c1-4-8-17(9-10-18)15-7-6-14(12-16-5-2)13(3)11-15/h6-7,11,16,18H,4-5,8-10,12H2,1-3H3. The van der Waals surface area contributed by atoms with Crippen LogP contribution in [0.2, 0.25) is 0 Å². The lowest BCUT2D eigenvalue weighted by Gasteiger charge is -2.24. The zero-order valence-corrected chi connectivity index (χ0v) is 11.9. The molecule has 0 heterocycles. The number of aliphatic hydroxyl groups is 1. The molecule has 0 saturated carbocycles. The Kier molecular flexibility index (Phi) is 6.76. The van der Waals surface area contributed by atoms with Gasteiger partial charge in [-0.15, -0.1) is 0 Å². The van der Waals surface area contributed by atoms with Gasteiger partial charge in [0, 0.05) is 25.3 Å². The van der Waals surface area contributed by atoms with E-state index in [1.54, 1.807) is 0 Å². The molecule has 3 nitrogen and oxygen atoms in total. The Morgan fingerprint density at radius 2 is 2.00 bits per heavy atom.